The van der Waals surface area contributed by atoms with E-state index in [1.54, 1.807) is 37.4 Å². The molecule has 0 bridgehead atoms. The van der Waals surface area contributed by atoms with Crippen LogP contribution in [0.5, 0.6) is 5.88 Å². The van der Waals surface area contributed by atoms with Crippen molar-refractivity contribution in [2.24, 2.45) is 12.0 Å². The summed E-state index contributed by atoms with van der Waals surface area (Å²) in [6, 6.07) is 0. The first-order chi connectivity index (χ1) is 13.6. The van der Waals surface area contributed by atoms with Crippen LogP contribution in [0.2, 0.25) is 0 Å². The highest BCUT2D eigenvalue weighted by Gasteiger charge is 2.31. The van der Waals surface area contributed by atoms with E-state index >= 15 is 0 Å². The van der Waals surface area contributed by atoms with Crippen molar-refractivity contribution in [2.75, 3.05) is 7.11 Å². The number of fused-ring (bicyclic) bond motifs is 1. The van der Waals surface area contributed by atoms with Crippen molar-refractivity contribution in [1.82, 2.24) is 34.7 Å². The first kappa shape index (κ1) is 16.6. The molecule has 1 fully saturated rings. The van der Waals surface area contributed by atoms with Crippen LogP contribution in [0.1, 0.15) is 36.2 Å². The van der Waals surface area contributed by atoms with Gasteiger partial charge in [0.1, 0.15) is 24.1 Å². The molecular formula is C18H16N8O2. The molecule has 1 aliphatic heterocycles. The van der Waals surface area contributed by atoms with Gasteiger partial charge in [0.25, 0.3) is 5.91 Å². The van der Waals surface area contributed by atoms with E-state index in [1.165, 1.54) is 6.33 Å². The maximum absolute atomic E-state index is 12.5. The number of amides is 1. The molecule has 28 heavy (non-hydrogen) atoms. The summed E-state index contributed by atoms with van der Waals surface area (Å²) in [6.07, 6.45) is 8.55. The molecule has 5 rings (SSSR count). The Bertz CT molecular complexity index is 1210. The molecular weight excluding hydrogens is 360 g/mol. The Morgan fingerprint density at radius 1 is 1.18 bits per heavy atom. The van der Waals surface area contributed by atoms with E-state index in [2.05, 4.69) is 35.0 Å². The zero-order chi connectivity index (χ0) is 19.3. The van der Waals surface area contributed by atoms with Gasteiger partial charge in [-0.05, 0) is 12.8 Å². The average Bonchev–Trinajstić information content (AvgIpc) is 3.47. The fourth-order valence-corrected chi connectivity index (χ4v) is 3.23. The fraction of sp³-hybridized carbons (Fsp3) is 0.333. The lowest BCUT2D eigenvalue weighted by Gasteiger charge is -2.11. The molecule has 1 aliphatic carbocycles. The number of aromatic nitrogens is 7. The van der Waals surface area contributed by atoms with Gasteiger partial charge >= 0.3 is 0 Å². The molecule has 10 heteroatoms. The normalized spacial score (nSPS) is 18.2. The van der Waals surface area contributed by atoms with Crippen molar-refractivity contribution in [3.63, 3.8) is 0 Å². The first-order valence-electron chi connectivity index (χ1n) is 8.86. The molecule has 1 amide bonds. The van der Waals surface area contributed by atoms with Crippen molar-refractivity contribution in [3.05, 3.63) is 41.1 Å². The molecule has 0 radical (unpaired) electrons. The molecule has 0 saturated heterocycles. The van der Waals surface area contributed by atoms with Crippen LogP contribution < -0.4 is 15.4 Å². The third-order valence-electron chi connectivity index (χ3n) is 4.74. The standard InChI is InChI=1S/C18H16N8O2/c1-26-8-22-15(25-26)11-5-10-6-19-16(23-14(10)24-17(11)27)12-13(9-3-4-9)20-7-21-18(12)28-2/h5-9,11H,3-4H2,1-2H3. The Morgan fingerprint density at radius 2 is 2.04 bits per heavy atom. The van der Waals surface area contributed by atoms with Gasteiger partial charge in [-0.2, -0.15) is 10.1 Å². The van der Waals surface area contributed by atoms with Crippen molar-refractivity contribution < 1.29 is 9.53 Å². The summed E-state index contributed by atoms with van der Waals surface area (Å²) in [5.74, 6) is 0.578. The van der Waals surface area contributed by atoms with Gasteiger partial charge in [0, 0.05) is 24.4 Å². The molecule has 1 unspecified atom stereocenters. The maximum Gasteiger partial charge on any atom is 0.262 e. The van der Waals surface area contributed by atoms with Gasteiger partial charge in [-0.15, -0.1) is 0 Å². The van der Waals surface area contributed by atoms with Gasteiger partial charge in [-0.1, -0.05) is 6.08 Å². The lowest BCUT2D eigenvalue weighted by molar-refractivity contribution is -0.118. The topological polar surface area (TPSA) is 121 Å². The summed E-state index contributed by atoms with van der Waals surface area (Å²) in [5.41, 5.74) is 1.84. The Kier molecular flexibility index (Phi) is 3.71. The number of hydrogen-bond donors (Lipinski definition) is 0. The second-order valence-corrected chi connectivity index (χ2v) is 6.76. The molecule has 0 spiro atoms. The van der Waals surface area contributed by atoms with E-state index in [9.17, 15) is 4.79 Å². The predicted octanol–water partition coefficient (Wildman–Crippen LogP) is -0.328. The van der Waals surface area contributed by atoms with Gasteiger partial charge in [-0.25, -0.2) is 24.9 Å². The second-order valence-electron chi connectivity index (χ2n) is 6.76. The Hall–Kier alpha value is -3.56. The molecule has 1 saturated carbocycles. The van der Waals surface area contributed by atoms with Gasteiger partial charge in [-0.3, -0.25) is 9.48 Å². The van der Waals surface area contributed by atoms with Crippen molar-refractivity contribution in [3.8, 4) is 17.3 Å². The fourth-order valence-electron chi connectivity index (χ4n) is 3.23. The molecule has 140 valence electrons. The highest BCUT2D eigenvalue weighted by Crippen LogP contribution is 2.44. The third kappa shape index (κ3) is 2.73. The Labute approximate surface area is 159 Å². The number of carbonyl (C=O) groups excluding carboxylic acids is 1. The molecule has 0 aromatic carbocycles. The first-order valence-corrected chi connectivity index (χ1v) is 8.86. The van der Waals surface area contributed by atoms with Gasteiger partial charge in [0.15, 0.2) is 17.1 Å². The zero-order valence-corrected chi connectivity index (χ0v) is 15.3. The molecule has 1 atom stereocenters. The van der Waals surface area contributed by atoms with Crippen LogP contribution in [0.3, 0.4) is 0 Å². The number of aryl methyl sites for hydroxylation is 1. The minimum Gasteiger partial charge on any atom is -0.480 e. The number of hydrogen-bond acceptors (Lipinski definition) is 8. The van der Waals surface area contributed by atoms with Crippen LogP contribution >= 0.6 is 0 Å². The number of rotatable bonds is 4. The number of methoxy groups -OCH3 is 1. The average molecular weight is 376 g/mol. The summed E-state index contributed by atoms with van der Waals surface area (Å²) in [4.78, 5) is 38.4. The lowest BCUT2D eigenvalue weighted by Crippen LogP contribution is -2.36. The zero-order valence-electron chi connectivity index (χ0n) is 15.3. The van der Waals surface area contributed by atoms with E-state index < -0.39 is 5.92 Å². The van der Waals surface area contributed by atoms with Crippen LogP contribution in [0.15, 0.2) is 23.8 Å². The highest BCUT2D eigenvalue weighted by atomic mass is 16.5. The van der Waals surface area contributed by atoms with Crippen LogP contribution in [-0.2, 0) is 11.8 Å². The molecule has 3 aromatic rings. The van der Waals surface area contributed by atoms with Crippen LogP contribution in [0.25, 0.3) is 17.5 Å². The molecule has 3 aromatic heterocycles. The Balaban J connectivity index is 1.63. The Morgan fingerprint density at radius 3 is 2.75 bits per heavy atom. The lowest BCUT2D eigenvalue weighted by atomic mass is 10.1. The number of ether oxygens (including phenoxy) is 1. The maximum atomic E-state index is 12.5. The summed E-state index contributed by atoms with van der Waals surface area (Å²) >= 11 is 0. The van der Waals surface area contributed by atoms with E-state index in [0.717, 1.165) is 18.5 Å². The van der Waals surface area contributed by atoms with Crippen molar-refractivity contribution in [2.45, 2.75) is 24.7 Å². The predicted molar refractivity (Wildman–Crippen MR) is 95.6 cm³/mol. The summed E-state index contributed by atoms with van der Waals surface area (Å²) in [6.45, 7) is 0. The van der Waals surface area contributed by atoms with Crippen LogP contribution in [-0.4, -0.2) is 47.7 Å². The highest BCUT2D eigenvalue weighted by molar-refractivity contribution is 5.90. The van der Waals surface area contributed by atoms with Crippen LogP contribution in [0, 0.1) is 0 Å². The second kappa shape index (κ2) is 6.25. The number of nitrogens with zero attached hydrogens (tertiary/aromatic N) is 8. The monoisotopic (exact) mass is 376 g/mol. The van der Waals surface area contributed by atoms with Crippen LogP contribution in [0.4, 0.5) is 0 Å². The minimum atomic E-state index is -0.639. The third-order valence-corrected chi connectivity index (χ3v) is 4.74. The molecule has 4 heterocycles. The summed E-state index contributed by atoms with van der Waals surface area (Å²) in [5, 5.41) is 4.86. The van der Waals surface area contributed by atoms with Gasteiger partial charge in [0.05, 0.1) is 12.8 Å². The summed E-state index contributed by atoms with van der Waals surface area (Å²) in [7, 11) is 3.30. The molecule has 2 aliphatic rings. The van der Waals surface area contributed by atoms with E-state index in [1.807, 2.05) is 0 Å². The van der Waals surface area contributed by atoms with E-state index in [4.69, 9.17) is 4.74 Å². The molecule has 0 N–H and O–H groups in total. The van der Waals surface area contributed by atoms with Crippen molar-refractivity contribution >= 4 is 12.0 Å². The minimum absolute atomic E-state index is 0.315. The summed E-state index contributed by atoms with van der Waals surface area (Å²) < 4.78 is 6.95. The van der Waals surface area contributed by atoms with E-state index in [-0.39, 0.29) is 5.91 Å². The molecule has 10 nitrogen and oxygen atoms in total. The van der Waals surface area contributed by atoms with Gasteiger partial charge < -0.3 is 4.74 Å². The largest absolute Gasteiger partial charge is 0.480 e. The smallest absolute Gasteiger partial charge is 0.262 e. The van der Waals surface area contributed by atoms with E-state index in [0.29, 0.717) is 39.7 Å². The van der Waals surface area contributed by atoms with Crippen molar-refractivity contribution in [1.29, 1.82) is 0 Å². The van der Waals surface area contributed by atoms with Gasteiger partial charge in [0.2, 0.25) is 5.88 Å². The quantitative estimate of drug-likeness (QED) is 0.607. The number of carbonyl (C=O) groups is 1. The SMILES string of the molecule is COc1ncnc(C2CC2)c1-c1ncc2c(n1)=NC(=O)C(c1ncn(C)n1)C=2.